The van der Waals surface area contributed by atoms with E-state index in [9.17, 15) is 4.79 Å². The van der Waals surface area contributed by atoms with Crippen molar-refractivity contribution >= 4 is 17.5 Å². The molecule has 0 fully saturated rings. The maximum absolute atomic E-state index is 12.3. The summed E-state index contributed by atoms with van der Waals surface area (Å²) in [5.41, 5.74) is 1.62. The molecule has 0 saturated carbocycles. The van der Waals surface area contributed by atoms with E-state index >= 15 is 0 Å². The fourth-order valence-electron chi connectivity index (χ4n) is 1.87. The highest BCUT2D eigenvalue weighted by Gasteiger charge is 2.23. The van der Waals surface area contributed by atoms with Gasteiger partial charge in [-0.2, -0.15) is 0 Å². The van der Waals surface area contributed by atoms with Gasteiger partial charge in [0.05, 0.1) is 5.02 Å². The van der Waals surface area contributed by atoms with Crippen molar-refractivity contribution in [2.45, 2.75) is 33.2 Å². The Morgan fingerprint density at radius 3 is 2.80 bits per heavy atom. The quantitative estimate of drug-likeness (QED) is 0.931. The van der Waals surface area contributed by atoms with Gasteiger partial charge in [0.25, 0.3) is 5.91 Å². The van der Waals surface area contributed by atoms with Crippen LogP contribution in [0.3, 0.4) is 0 Å². The van der Waals surface area contributed by atoms with Gasteiger partial charge in [0.2, 0.25) is 0 Å². The number of aromatic nitrogens is 1. The molecule has 1 aromatic carbocycles. The number of hydrogen-bond acceptors (Lipinski definition) is 3. The number of halogens is 1. The Balaban J connectivity index is 2.43. The van der Waals surface area contributed by atoms with Crippen molar-refractivity contribution in [2.24, 2.45) is 0 Å². The van der Waals surface area contributed by atoms with Crippen molar-refractivity contribution in [1.29, 1.82) is 0 Å². The average Bonchev–Trinajstić information content (AvgIpc) is 2.81. The largest absolute Gasteiger partial charge is 0.360 e. The predicted molar refractivity (Wildman–Crippen MR) is 78.9 cm³/mol. The fourth-order valence-corrected chi connectivity index (χ4v) is 2.10. The molecule has 0 bridgehead atoms. The second kappa shape index (κ2) is 6.09. The molecule has 0 aliphatic heterocycles. The molecule has 1 heterocycles. The van der Waals surface area contributed by atoms with Gasteiger partial charge in [-0.15, -0.1) is 0 Å². The molecule has 0 unspecified atom stereocenters. The maximum atomic E-state index is 12.3. The number of hydrogen-bond donors (Lipinski definition) is 1. The lowest BCUT2D eigenvalue weighted by Crippen LogP contribution is -2.32. The molecular formula is C15H17ClN2O2. The van der Waals surface area contributed by atoms with Gasteiger partial charge in [-0.1, -0.05) is 41.9 Å². The van der Waals surface area contributed by atoms with Crippen molar-refractivity contribution < 1.29 is 9.32 Å². The maximum Gasteiger partial charge on any atom is 0.257 e. The van der Waals surface area contributed by atoms with Crippen LogP contribution in [0.25, 0.3) is 11.3 Å². The zero-order chi connectivity index (χ0) is 14.7. The van der Waals surface area contributed by atoms with Crippen LogP contribution in [0, 0.1) is 6.92 Å². The van der Waals surface area contributed by atoms with Crippen molar-refractivity contribution in [1.82, 2.24) is 10.5 Å². The zero-order valence-corrected chi connectivity index (χ0v) is 12.5. The third kappa shape index (κ3) is 2.85. The Morgan fingerprint density at radius 2 is 2.15 bits per heavy atom. The summed E-state index contributed by atoms with van der Waals surface area (Å²) >= 11 is 6.16. The molecule has 1 N–H and O–H groups in total. The van der Waals surface area contributed by atoms with Gasteiger partial charge in [-0.25, -0.2) is 0 Å². The van der Waals surface area contributed by atoms with E-state index in [-0.39, 0.29) is 11.9 Å². The first kappa shape index (κ1) is 14.6. The lowest BCUT2D eigenvalue weighted by Gasteiger charge is -2.11. The number of benzene rings is 1. The van der Waals surface area contributed by atoms with Crippen LogP contribution in [0.1, 0.15) is 36.4 Å². The number of nitrogens with one attached hydrogen (secondary N) is 1. The zero-order valence-electron chi connectivity index (χ0n) is 11.7. The molecule has 5 heteroatoms. The number of carbonyl (C=O) groups excluding carboxylic acids is 1. The Kier molecular flexibility index (Phi) is 4.45. The summed E-state index contributed by atoms with van der Waals surface area (Å²) in [6.45, 7) is 5.69. The first-order valence-electron chi connectivity index (χ1n) is 6.56. The molecule has 1 aromatic heterocycles. The summed E-state index contributed by atoms with van der Waals surface area (Å²) in [5.74, 6) is 0.300. The normalized spacial score (nSPS) is 12.2. The molecular weight excluding hydrogens is 276 g/mol. The van der Waals surface area contributed by atoms with Crippen LogP contribution in [-0.4, -0.2) is 17.1 Å². The number of carbonyl (C=O) groups is 1. The van der Waals surface area contributed by atoms with Crippen LogP contribution in [0.2, 0.25) is 5.02 Å². The summed E-state index contributed by atoms with van der Waals surface area (Å²) in [5, 5.41) is 7.44. The Morgan fingerprint density at radius 1 is 1.45 bits per heavy atom. The molecule has 1 amide bonds. The van der Waals surface area contributed by atoms with Gasteiger partial charge < -0.3 is 9.84 Å². The summed E-state index contributed by atoms with van der Waals surface area (Å²) in [7, 11) is 0. The van der Waals surface area contributed by atoms with Gasteiger partial charge in [-0.05, 0) is 26.3 Å². The van der Waals surface area contributed by atoms with E-state index in [1.54, 1.807) is 13.0 Å². The summed E-state index contributed by atoms with van der Waals surface area (Å²) < 4.78 is 5.17. The fraction of sp³-hybridized carbons (Fsp3) is 0.333. The van der Waals surface area contributed by atoms with E-state index in [0.29, 0.717) is 27.6 Å². The highest BCUT2D eigenvalue weighted by Crippen LogP contribution is 2.30. The number of nitrogens with zero attached hydrogens (tertiary/aromatic N) is 1. The van der Waals surface area contributed by atoms with Gasteiger partial charge in [0.15, 0.2) is 0 Å². The second-order valence-electron chi connectivity index (χ2n) is 4.72. The second-order valence-corrected chi connectivity index (χ2v) is 5.13. The molecule has 2 aromatic rings. The van der Waals surface area contributed by atoms with Crippen LogP contribution in [-0.2, 0) is 0 Å². The lowest BCUT2D eigenvalue weighted by atomic mass is 10.1. The Labute approximate surface area is 123 Å². The number of rotatable bonds is 4. The molecule has 20 heavy (non-hydrogen) atoms. The van der Waals surface area contributed by atoms with E-state index in [2.05, 4.69) is 10.5 Å². The molecule has 4 nitrogen and oxygen atoms in total. The third-order valence-electron chi connectivity index (χ3n) is 3.21. The third-order valence-corrected chi connectivity index (χ3v) is 3.54. The topological polar surface area (TPSA) is 55.1 Å². The minimum atomic E-state index is -0.187. The summed E-state index contributed by atoms with van der Waals surface area (Å²) in [4.78, 5) is 12.3. The predicted octanol–water partition coefficient (Wildman–Crippen LogP) is 3.83. The smallest absolute Gasteiger partial charge is 0.257 e. The van der Waals surface area contributed by atoms with Gasteiger partial charge >= 0.3 is 0 Å². The number of aryl methyl sites for hydroxylation is 1. The van der Waals surface area contributed by atoms with Crippen molar-refractivity contribution in [2.75, 3.05) is 0 Å². The Hall–Kier alpha value is -1.81. The van der Waals surface area contributed by atoms with Crippen LogP contribution < -0.4 is 5.32 Å². The minimum Gasteiger partial charge on any atom is -0.360 e. The minimum absolute atomic E-state index is 0.0934. The molecule has 0 radical (unpaired) electrons. The molecule has 0 saturated heterocycles. The van der Waals surface area contributed by atoms with Crippen LogP contribution >= 0.6 is 11.6 Å². The summed E-state index contributed by atoms with van der Waals surface area (Å²) in [6, 6.07) is 7.35. The van der Waals surface area contributed by atoms with E-state index in [1.807, 2.05) is 32.0 Å². The molecule has 106 valence electrons. The molecule has 0 spiro atoms. The SMILES string of the molecule is CC[C@@H](C)NC(=O)c1c(-c2ccccc2Cl)noc1C. The van der Waals surface area contributed by atoms with E-state index in [0.717, 1.165) is 6.42 Å². The Bertz CT molecular complexity index is 622. The van der Waals surface area contributed by atoms with Crippen LogP contribution in [0.15, 0.2) is 28.8 Å². The monoisotopic (exact) mass is 292 g/mol. The van der Waals surface area contributed by atoms with E-state index in [4.69, 9.17) is 16.1 Å². The van der Waals surface area contributed by atoms with E-state index < -0.39 is 0 Å². The first-order chi connectivity index (χ1) is 9.54. The molecule has 1 atom stereocenters. The molecule has 0 aliphatic rings. The van der Waals surface area contributed by atoms with Gasteiger partial charge in [-0.3, -0.25) is 4.79 Å². The van der Waals surface area contributed by atoms with Crippen LogP contribution in [0.5, 0.6) is 0 Å². The highest BCUT2D eigenvalue weighted by atomic mass is 35.5. The lowest BCUT2D eigenvalue weighted by molar-refractivity contribution is 0.0938. The van der Waals surface area contributed by atoms with Crippen molar-refractivity contribution in [3.63, 3.8) is 0 Å². The number of amides is 1. The first-order valence-corrected chi connectivity index (χ1v) is 6.94. The average molecular weight is 293 g/mol. The standard InChI is InChI=1S/C15H17ClN2O2/c1-4-9(2)17-15(19)13-10(3)20-18-14(13)11-7-5-6-8-12(11)16/h5-9H,4H2,1-3H3,(H,17,19)/t9-/m1/s1. The highest BCUT2D eigenvalue weighted by molar-refractivity contribution is 6.33. The van der Waals surface area contributed by atoms with E-state index in [1.165, 1.54) is 0 Å². The van der Waals surface area contributed by atoms with Crippen molar-refractivity contribution in [3.8, 4) is 11.3 Å². The molecule has 2 rings (SSSR count). The van der Waals surface area contributed by atoms with Gasteiger partial charge in [0.1, 0.15) is 17.0 Å². The van der Waals surface area contributed by atoms with Crippen LogP contribution in [0.4, 0.5) is 0 Å². The van der Waals surface area contributed by atoms with Gasteiger partial charge in [0, 0.05) is 11.6 Å². The molecule has 0 aliphatic carbocycles. The summed E-state index contributed by atoms with van der Waals surface area (Å²) in [6.07, 6.45) is 0.859. The van der Waals surface area contributed by atoms with Crippen molar-refractivity contribution in [3.05, 3.63) is 40.6 Å².